The predicted molar refractivity (Wildman–Crippen MR) is 101 cm³/mol. The lowest BCUT2D eigenvalue weighted by Gasteiger charge is -2.33. The zero-order valence-corrected chi connectivity index (χ0v) is 16.2. The standard InChI is InChI=1S/C17H27N7S/c1-17(2,3)13-10-25-14(22-13)9-19-16(18-4)24-7-5-12(6-8-24)15-20-11-21-23-15/h10-12H,5-9H2,1-4H3,(H,18,19)(H,20,21,23). The lowest BCUT2D eigenvalue weighted by atomic mass is 9.93. The number of H-pyrrole nitrogens is 1. The summed E-state index contributed by atoms with van der Waals surface area (Å²) in [4.78, 5) is 15.8. The second-order valence-corrected chi connectivity index (χ2v) is 8.35. The first-order chi connectivity index (χ1) is 12.0. The highest BCUT2D eigenvalue weighted by Crippen LogP contribution is 2.25. The van der Waals surface area contributed by atoms with Crippen LogP contribution in [0.1, 0.15) is 56.1 Å². The van der Waals surface area contributed by atoms with Crippen LogP contribution in [0, 0.1) is 0 Å². The Morgan fingerprint density at radius 1 is 1.40 bits per heavy atom. The number of hydrogen-bond donors (Lipinski definition) is 2. The van der Waals surface area contributed by atoms with Gasteiger partial charge in [-0.25, -0.2) is 9.97 Å². The normalized spacial score (nSPS) is 17.1. The molecule has 0 aliphatic carbocycles. The Balaban J connectivity index is 1.53. The van der Waals surface area contributed by atoms with E-state index < -0.39 is 0 Å². The fraction of sp³-hybridized carbons (Fsp3) is 0.647. The number of aliphatic imine (C=N–C) groups is 1. The van der Waals surface area contributed by atoms with Gasteiger partial charge in [-0.3, -0.25) is 10.1 Å². The Labute approximate surface area is 153 Å². The fourth-order valence-corrected chi connectivity index (χ4v) is 3.96. The Morgan fingerprint density at radius 2 is 2.16 bits per heavy atom. The zero-order valence-electron chi connectivity index (χ0n) is 15.4. The molecule has 1 aliphatic rings. The molecule has 0 spiro atoms. The molecule has 1 aliphatic heterocycles. The molecule has 0 atom stereocenters. The van der Waals surface area contributed by atoms with E-state index in [-0.39, 0.29) is 5.41 Å². The van der Waals surface area contributed by atoms with Crippen LogP contribution in [-0.2, 0) is 12.0 Å². The van der Waals surface area contributed by atoms with Gasteiger partial charge in [-0.1, -0.05) is 20.8 Å². The summed E-state index contributed by atoms with van der Waals surface area (Å²) in [6, 6.07) is 0. The summed E-state index contributed by atoms with van der Waals surface area (Å²) in [5.74, 6) is 2.41. The third-order valence-electron chi connectivity index (χ3n) is 4.54. The molecule has 0 radical (unpaired) electrons. The van der Waals surface area contributed by atoms with Gasteiger partial charge in [0, 0.05) is 36.9 Å². The molecule has 0 unspecified atom stereocenters. The number of hydrogen-bond acceptors (Lipinski definition) is 5. The van der Waals surface area contributed by atoms with Crippen molar-refractivity contribution in [2.24, 2.45) is 4.99 Å². The molecule has 0 aromatic carbocycles. The van der Waals surface area contributed by atoms with Crippen LogP contribution in [0.25, 0.3) is 0 Å². The average molecular weight is 362 g/mol. The minimum atomic E-state index is 0.0962. The molecule has 1 saturated heterocycles. The minimum absolute atomic E-state index is 0.0962. The molecule has 0 saturated carbocycles. The summed E-state index contributed by atoms with van der Waals surface area (Å²) in [5, 5.41) is 13.7. The fourth-order valence-electron chi connectivity index (χ4n) is 3.00. The number of nitrogens with one attached hydrogen (secondary N) is 2. The smallest absolute Gasteiger partial charge is 0.193 e. The van der Waals surface area contributed by atoms with Crippen molar-refractivity contribution < 1.29 is 0 Å². The third kappa shape index (κ3) is 4.36. The number of piperidine rings is 1. The number of aromatic amines is 1. The van der Waals surface area contributed by atoms with Gasteiger partial charge < -0.3 is 10.2 Å². The van der Waals surface area contributed by atoms with Crippen molar-refractivity contribution in [2.75, 3.05) is 20.1 Å². The molecule has 0 bridgehead atoms. The average Bonchev–Trinajstić information content (AvgIpc) is 3.27. The number of likely N-dealkylation sites (tertiary alicyclic amines) is 1. The molecule has 3 rings (SSSR count). The summed E-state index contributed by atoms with van der Waals surface area (Å²) < 4.78 is 0. The predicted octanol–water partition coefficient (Wildman–Crippen LogP) is 2.51. The van der Waals surface area contributed by atoms with E-state index in [4.69, 9.17) is 4.98 Å². The van der Waals surface area contributed by atoms with Crippen molar-refractivity contribution in [1.29, 1.82) is 0 Å². The summed E-state index contributed by atoms with van der Waals surface area (Å²) in [7, 11) is 1.84. The highest BCUT2D eigenvalue weighted by molar-refractivity contribution is 7.09. The Kier molecular flexibility index (Phi) is 5.36. The summed E-state index contributed by atoms with van der Waals surface area (Å²) in [6.07, 6.45) is 3.70. The lowest BCUT2D eigenvalue weighted by Crippen LogP contribution is -2.45. The highest BCUT2D eigenvalue weighted by atomic mass is 32.1. The molecule has 2 aromatic heterocycles. The maximum Gasteiger partial charge on any atom is 0.193 e. The van der Waals surface area contributed by atoms with Crippen LogP contribution in [-0.4, -0.2) is 51.2 Å². The molecule has 7 nitrogen and oxygen atoms in total. The summed E-state index contributed by atoms with van der Waals surface area (Å²) in [5.41, 5.74) is 1.25. The number of rotatable bonds is 3. The van der Waals surface area contributed by atoms with E-state index in [9.17, 15) is 0 Å². The SMILES string of the molecule is CN=C(NCc1nc(C(C)(C)C)cs1)N1CCC(c2ncn[nH]2)CC1. The van der Waals surface area contributed by atoms with E-state index in [0.717, 1.165) is 55.0 Å². The largest absolute Gasteiger partial charge is 0.350 e. The first-order valence-corrected chi connectivity index (χ1v) is 9.61. The van der Waals surface area contributed by atoms with Crippen LogP contribution in [0.5, 0.6) is 0 Å². The van der Waals surface area contributed by atoms with E-state index >= 15 is 0 Å². The number of guanidine groups is 1. The van der Waals surface area contributed by atoms with Gasteiger partial charge in [0.2, 0.25) is 0 Å². The molecule has 2 aromatic rings. The quantitative estimate of drug-likeness (QED) is 0.648. The van der Waals surface area contributed by atoms with Crippen molar-refractivity contribution in [3.05, 3.63) is 28.2 Å². The molecule has 2 N–H and O–H groups in total. The Bertz CT molecular complexity index is 691. The molecule has 0 amide bonds. The van der Waals surface area contributed by atoms with E-state index in [2.05, 4.69) is 56.5 Å². The van der Waals surface area contributed by atoms with Gasteiger partial charge in [0.25, 0.3) is 0 Å². The van der Waals surface area contributed by atoms with Crippen LogP contribution in [0.4, 0.5) is 0 Å². The molecule has 136 valence electrons. The second kappa shape index (κ2) is 7.51. The minimum Gasteiger partial charge on any atom is -0.350 e. The number of aromatic nitrogens is 4. The van der Waals surface area contributed by atoms with Crippen LogP contribution < -0.4 is 5.32 Å². The number of nitrogens with zero attached hydrogens (tertiary/aromatic N) is 5. The van der Waals surface area contributed by atoms with Crippen molar-refractivity contribution >= 4 is 17.3 Å². The first kappa shape index (κ1) is 17.8. The van der Waals surface area contributed by atoms with Gasteiger partial charge in [0.15, 0.2) is 5.96 Å². The second-order valence-electron chi connectivity index (χ2n) is 7.41. The van der Waals surface area contributed by atoms with Gasteiger partial charge in [0.05, 0.1) is 12.2 Å². The van der Waals surface area contributed by atoms with E-state index in [0.29, 0.717) is 5.92 Å². The zero-order chi connectivity index (χ0) is 17.9. The monoisotopic (exact) mass is 361 g/mol. The van der Waals surface area contributed by atoms with Crippen LogP contribution in [0.15, 0.2) is 16.7 Å². The third-order valence-corrected chi connectivity index (χ3v) is 5.39. The van der Waals surface area contributed by atoms with Crippen LogP contribution in [0.2, 0.25) is 0 Å². The number of thiazole rings is 1. The van der Waals surface area contributed by atoms with Gasteiger partial charge in [-0.2, -0.15) is 5.10 Å². The van der Waals surface area contributed by atoms with E-state index in [1.165, 1.54) is 0 Å². The van der Waals surface area contributed by atoms with Crippen molar-refractivity contribution in [3.8, 4) is 0 Å². The maximum absolute atomic E-state index is 4.74. The topological polar surface area (TPSA) is 82.1 Å². The molecule has 3 heterocycles. The summed E-state index contributed by atoms with van der Waals surface area (Å²) >= 11 is 1.71. The Hall–Kier alpha value is -1.96. The lowest BCUT2D eigenvalue weighted by molar-refractivity contribution is 0.298. The van der Waals surface area contributed by atoms with Gasteiger partial charge in [-0.05, 0) is 12.8 Å². The van der Waals surface area contributed by atoms with E-state index in [1.807, 2.05) is 7.05 Å². The van der Waals surface area contributed by atoms with Gasteiger partial charge in [-0.15, -0.1) is 11.3 Å². The molecule has 25 heavy (non-hydrogen) atoms. The molecule has 8 heteroatoms. The van der Waals surface area contributed by atoms with Crippen LogP contribution >= 0.6 is 11.3 Å². The molecule has 1 fully saturated rings. The maximum atomic E-state index is 4.74. The van der Waals surface area contributed by atoms with E-state index in [1.54, 1.807) is 17.7 Å². The molecular formula is C17H27N7S. The van der Waals surface area contributed by atoms with Crippen molar-refractivity contribution in [2.45, 2.75) is 51.5 Å². The van der Waals surface area contributed by atoms with Crippen LogP contribution in [0.3, 0.4) is 0 Å². The highest BCUT2D eigenvalue weighted by Gasteiger charge is 2.24. The first-order valence-electron chi connectivity index (χ1n) is 8.73. The van der Waals surface area contributed by atoms with Crippen molar-refractivity contribution in [1.82, 2.24) is 30.4 Å². The molecular weight excluding hydrogens is 334 g/mol. The Morgan fingerprint density at radius 3 is 2.72 bits per heavy atom. The van der Waals surface area contributed by atoms with Gasteiger partial charge in [0.1, 0.15) is 17.2 Å². The summed E-state index contributed by atoms with van der Waals surface area (Å²) in [6.45, 7) is 9.23. The van der Waals surface area contributed by atoms with Crippen molar-refractivity contribution in [3.63, 3.8) is 0 Å². The van der Waals surface area contributed by atoms with Gasteiger partial charge >= 0.3 is 0 Å².